The molecule has 1 aliphatic rings. The molecule has 3 amide bonds. The summed E-state index contributed by atoms with van der Waals surface area (Å²) >= 11 is 0. The molecule has 9 nitrogen and oxygen atoms in total. The number of nitrogens with one attached hydrogen (secondary N) is 2. The van der Waals surface area contributed by atoms with Crippen molar-refractivity contribution in [2.24, 2.45) is 17.8 Å². The Kier molecular flexibility index (Phi) is 22.4. The van der Waals surface area contributed by atoms with E-state index in [0.717, 1.165) is 30.2 Å². The van der Waals surface area contributed by atoms with Crippen LogP contribution in [0.5, 0.6) is 0 Å². The van der Waals surface area contributed by atoms with Crippen molar-refractivity contribution >= 4 is 17.9 Å². The van der Waals surface area contributed by atoms with E-state index in [9.17, 15) is 14.4 Å². The van der Waals surface area contributed by atoms with Gasteiger partial charge in [-0.05, 0) is 32.1 Å². The number of aryl methyl sites for hydroxylation is 1. The molecular weight excluding hydrogens is 532 g/mol. The maximum Gasteiger partial charge on any atom is 0.410 e. The van der Waals surface area contributed by atoms with Gasteiger partial charge in [-0.15, -0.1) is 0 Å². The first-order valence-electron chi connectivity index (χ1n) is 15.7. The van der Waals surface area contributed by atoms with Crippen LogP contribution in [0.15, 0.2) is 30.3 Å². The van der Waals surface area contributed by atoms with Gasteiger partial charge in [0.05, 0.1) is 5.92 Å². The fourth-order valence-corrected chi connectivity index (χ4v) is 4.08. The minimum atomic E-state index is -0.979. The number of carbonyl (C=O) groups is 3. The summed E-state index contributed by atoms with van der Waals surface area (Å²) in [7, 11) is 2.99. The van der Waals surface area contributed by atoms with Crippen molar-refractivity contribution in [3.8, 4) is 0 Å². The number of hydroxylamine groups is 2. The zero-order valence-corrected chi connectivity index (χ0v) is 27.7. The van der Waals surface area contributed by atoms with E-state index in [1.165, 1.54) is 63.6 Å². The van der Waals surface area contributed by atoms with Crippen LogP contribution in [0.1, 0.15) is 91.5 Å². The van der Waals surface area contributed by atoms with Crippen LogP contribution in [0.3, 0.4) is 0 Å². The van der Waals surface area contributed by atoms with Crippen LogP contribution in [0.2, 0.25) is 0 Å². The Bertz CT molecular complexity index is 844. The highest BCUT2D eigenvalue weighted by molar-refractivity contribution is 5.84. The van der Waals surface area contributed by atoms with Crippen molar-refractivity contribution in [2.75, 3.05) is 40.3 Å². The van der Waals surface area contributed by atoms with Crippen LogP contribution in [-0.2, 0) is 14.3 Å². The minimum Gasteiger partial charge on any atom is -0.436 e. The predicted molar refractivity (Wildman–Crippen MR) is 170 cm³/mol. The molecule has 1 aromatic rings. The zero-order chi connectivity index (χ0) is 31.9. The normalized spacial score (nSPS) is 14.5. The third-order valence-electron chi connectivity index (χ3n) is 7.09. The molecule has 3 N–H and O–H groups in total. The van der Waals surface area contributed by atoms with Gasteiger partial charge in [-0.25, -0.2) is 4.79 Å². The van der Waals surface area contributed by atoms with Crippen molar-refractivity contribution in [2.45, 2.75) is 99.0 Å². The molecule has 2 rings (SSSR count). The molecule has 1 aliphatic carbocycles. The second-order valence-electron chi connectivity index (χ2n) is 12.1. The van der Waals surface area contributed by atoms with Gasteiger partial charge in [0.15, 0.2) is 6.10 Å². The molecule has 0 aliphatic heterocycles. The summed E-state index contributed by atoms with van der Waals surface area (Å²) in [5.74, 6) is 0.755. The first kappa shape index (κ1) is 39.4. The van der Waals surface area contributed by atoms with Gasteiger partial charge in [-0.1, -0.05) is 109 Å². The third kappa shape index (κ3) is 22.0. The Hall–Kier alpha value is -2.65. The van der Waals surface area contributed by atoms with Crippen molar-refractivity contribution in [1.29, 1.82) is 0 Å². The van der Waals surface area contributed by atoms with Crippen molar-refractivity contribution < 1.29 is 24.3 Å². The van der Waals surface area contributed by atoms with E-state index in [2.05, 4.69) is 50.5 Å². The number of ether oxygens (including phenoxy) is 1. The van der Waals surface area contributed by atoms with E-state index in [0.29, 0.717) is 12.5 Å². The van der Waals surface area contributed by atoms with Gasteiger partial charge in [-0.2, -0.15) is 5.06 Å². The molecule has 1 fully saturated rings. The van der Waals surface area contributed by atoms with Crippen LogP contribution < -0.4 is 10.6 Å². The first-order chi connectivity index (χ1) is 19.8. The number of nitrogens with zero attached hydrogens (tertiary/aromatic N) is 2. The first-order valence-corrected chi connectivity index (χ1v) is 15.7. The summed E-state index contributed by atoms with van der Waals surface area (Å²) in [5.41, 5.74) is 1.32. The van der Waals surface area contributed by atoms with E-state index in [1.807, 2.05) is 18.2 Å². The van der Waals surface area contributed by atoms with Crippen LogP contribution in [0.4, 0.5) is 4.79 Å². The second kappa shape index (κ2) is 23.9. The minimum absolute atomic E-state index is 0.109. The van der Waals surface area contributed by atoms with Gasteiger partial charge in [0.25, 0.3) is 5.91 Å². The Labute approximate surface area is 255 Å². The monoisotopic (exact) mass is 592 g/mol. The maximum atomic E-state index is 12.1. The highest BCUT2D eigenvalue weighted by atomic mass is 16.6. The number of unbranched alkanes of at least 4 members (excludes halogenated alkanes) is 1. The van der Waals surface area contributed by atoms with Crippen LogP contribution in [0.25, 0.3) is 0 Å². The predicted octanol–water partition coefficient (Wildman–Crippen LogP) is 6.04. The maximum absolute atomic E-state index is 12.1. The summed E-state index contributed by atoms with van der Waals surface area (Å²) < 4.78 is 5.08. The average Bonchev–Trinajstić information content (AvgIpc) is 2.95. The lowest BCUT2D eigenvalue weighted by Gasteiger charge is -2.21. The standard InChI is InChI=1S/C19H38N4O5.C7H14.C7H8/c1-14(2)9-7-8-10-20-17(24)15(3)13-21-18(25)16(4)28-19(26)22(5)11-12-23(6)27;2*1-7-5-3-2-4-6-7/h14-16,27H,7-13H2,1-6H3,(H,20,24)(H,21,25);7H,2-6H2,1H3;2-6H,1H3. The van der Waals surface area contributed by atoms with Gasteiger partial charge in [0.1, 0.15) is 0 Å². The highest BCUT2D eigenvalue weighted by Crippen LogP contribution is 2.22. The van der Waals surface area contributed by atoms with E-state index in [-0.39, 0.29) is 31.5 Å². The summed E-state index contributed by atoms with van der Waals surface area (Å²) in [5, 5.41) is 15.5. The molecule has 0 aromatic heterocycles. The molecule has 1 aromatic carbocycles. The number of amides is 3. The van der Waals surface area contributed by atoms with Gasteiger partial charge >= 0.3 is 6.09 Å². The molecule has 242 valence electrons. The van der Waals surface area contributed by atoms with Gasteiger partial charge in [-0.3, -0.25) is 9.59 Å². The molecule has 0 bridgehead atoms. The third-order valence-corrected chi connectivity index (χ3v) is 7.09. The summed E-state index contributed by atoms with van der Waals surface area (Å²) in [4.78, 5) is 37.3. The number of rotatable bonds is 13. The summed E-state index contributed by atoms with van der Waals surface area (Å²) in [6.45, 7) is 13.3. The van der Waals surface area contributed by atoms with Gasteiger partial charge < -0.3 is 25.5 Å². The molecule has 1 saturated carbocycles. The Balaban J connectivity index is 0.000000955. The smallest absolute Gasteiger partial charge is 0.410 e. The topological polar surface area (TPSA) is 111 Å². The molecular formula is C33H60N4O5. The second-order valence-corrected chi connectivity index (χ2v) is 12.1. The molecule has 9 heteroatoms. The number of likely N-dealkylation sites (N-methyl/N-ethyl adjacent to an activating group) is 2. The summed E-state index contributed by atoms with van der Waals surface area (Å²) in [6, 6.07) is 10.3. The number of benzene rings is 1. The van der Waals surface area contributed by atoms with E-state index in [1.54, 1.807) is 6.92 Å². The Morgan fingerprint density at radius 3 is 2.02 bits per heavy atom. The largest absolute Gasteiger partial charge is 0.436 e. The number of hydrogen-bond donors (Lipinski definition) is 3. The lowest BCUT2D eigenvalue weighted by Crippen LogP contribution is -2.43. The SMILES string of the molecule is CC(C)CCCCNC(=O)C(C)CNC(=O)C(C)OC(=O)N(C)CCN(C)O.CC1CCCCC1.Cc1ccccc1. The van der Waals surface area contributed by atoms with E-state index < -0.39 is 18.1 Å². The molecule has 0 radical (unpaired) electrons. The molecule has 42 heavy (non-hydrogen) atoms. The van der Waals surface area contributed by atoms with Crippen LogP contribution in [0, 0.1) is 24.7 Å². The van der Waals surface area contributed by atoms with E-state index >= 15 is 0 Å². The molecule has 2 unspecified atom stereocenters. The molecule has 0 spiro atoms. The lowest BCUT2D eigenvalue weighted by molar-refractivity contribution is -0.130. The van der Waals surface area contributed by atoms with Crippen molar-refractivity contribution in [1.82, 2.24) is 20.6 Å². The Morgan fingerprint density at radius 1 is 0.929 bits per heavy atom. The number of hydrogen-bond acceptors (Lipinski definition) is 6. The lowest BCUT2D eigenvalue weighted by atomic mass is 9.91. The quantitative estimate of drug-likeness (QED) is 0.190. The average molecular weight is 593 g/mol. The fraction of sp³-hybridized carbons (Fsp3) is 0.727. The van der Waals surface area contributed by atoms with Crippen molar-refractivity contribution in [3.05, 3.63) is 35.9 Å². The van der Waals surface area contributed by atoms with Gasteiger partial charge in [0.2, 0.25) is 5.91 Å². The number of carbonyl (C=O) groups excluding carboxylic acids is 3. The Morgan fingerprint density at radius 2 is 1.55 bits per heavy atom. The molecule has 0 heterocycles. The molecule has 0 saturated heterocycles. The molecule has 2 atom stereocenters. The van der Waals surface area contributed by atoms with Crippen LogP contribution in [-0.4, -0.2) is 79.5 Å². The van der Waals surface area contributed by atoms with Crippen molar-refractivity contribution in [3.63, 3.8) is 0 Å². The van der Waals surface area contributed by atoms with Crippen LogP contribution >= 0.6 is 0 Å². The van der Waals surface area contributed by atoms with E-state index in [4.69, 9.17) is 9.94 Å². The van der Waals surface area contributed by atoms with Gasteiger partial charge in [0, 0.05) is 40.3 Å². The fourth-order valence-electron chi connectivity index (χ4n) is 4.08. The zero-order valence-electron chi connectivity index (χ0n) is 27.7. The summed E-state index contributed by atoms with van der Waals surface area (Å²) in [6.07, 6.45) is 8.96. The highest BCUT2D eigenvalue weighted by Gasteiger charge is 2.22.